The van der Waals surface area contributed by atoms with Gasteiger partial charge in [-0.2, -0.15) is 0 Å². The van der Waals surface area contributed by atoms with Crippen LogP contribution in [0, 0.1) is 6.92 Å². The first-order chi connectivity index (χ1) is 9.63. The highest BCUT2D eigenvalue weighted by atomic mass is 79.9. The van der Waals surface area contributed by atoms with Crippen molar-refractivity contribution in [2.24, 2.45) is 0 Å². The van der Waals surface area contributed by atoms with Gasteiger partial charge >= 0.3 is 0 Å². The zero-order chi connectivity index (χ0) is 14.5. The molecule has 0 saturated carbocycles. The summed E-state index contributed by atoms with van der Waals surface area (Å²) in [4.78, 5) is 4.36. The molecule has 1 N–H and O–H groups in total. The van der Waals surface area contributed by atoms with Crippen LogP contribution in [-0.4, -0.2) is 19.2 Å². The predicted octanol–water partition coefficient (Wildman–Crippen LogP) is 3.78. The number of hydrogen-bond acceptors (Lipinski definition) is 4. The Labute approximate surface area is 127 Å². The van der Waals surface area contributed by atoms with Gasteiger partial charge in [-0.3, -0.25) is 0 Å². The Morgan fingerprint density at radius 1 is 1.20 bits per heavy atom. The number of ether oxygens (including phenoxy) is 2. The lowest BCUT2D eigenvalue weighted by Gasteiger charge is -2.13. The first-order valence-corrected chi connectivity index (χ1v) is 7.00. The Hall–Kier alpha value is -1.75. The van der Waals surface area contributed by atoms with Crippen LogP contribution >= 0.6 is 15.9 Å². The summed E-state index contributed by atoms with van der Waals surface area (Å²) in [6.45, 7) is 2.64. The van der Waals surface area contributed by atoms with E-state index in [9.17, 15) is 0 Å². The number of pyridine rings is 1. The molecule has 0 amide bonds. The molecule has 0 aliphatic rings. The Morgan fingerprint density at radius 3 is 2.65 bits per heavy atom. The number of aromatic nitrogens is 1. The molecule has 1 aromatic carbocycles. The van der Waals surface area contributed by atoms with Gasteiger partial charge in [0, 0.05) is 22.8 Å². The lowest BCUT2D eigenvalue weighted by molar-refractivity contribution is 0.399. The van der Waals surface area contributed by atoms with Gasteiger partial charge in [-0.15, -0.1) is 0 Å². The standard InChI is InChI=1S/C15H17BrN2O2/c1-10-6-12(16)9-18-15(10)17-8-11-7-13(19-2)4-5-14(11)20-3/h4-7,9H,8H2,1-3H3,(H,17,18). The molecule has 0 fully saturated rings. The van der Waals surface area contributed by atoms with Gasteiger partial charge in [-0.25, -0.2) is 4.98 Å². The van der Waals surface area contributed by atoms with Crippen LogP contribution < -0.4 is 14.8 Å². The summed E-state index contributed by atoms with van der Waals surface area (Å²) in [5, 5.41) is 3.31. The third kappa shape index (κ3) is 3.42. The van der Waals surface area contributed by atoms with Gasteiger partial charge < -0.3 is 14.8 Å². The van der Waals surface area contributed by atoms with E-state index >= 15 is 0 Å². The maximum Gasteiger partial charge on any atom is 0.129 e. The number of benzene rings is 1. The highest BCUT2D eigenvalue weighted by Gasteiger charge is 2.06. The molecule has 0 saturated heterocycles. The van der Waals surface area contributed by atoms with Gasteiger partial charge in [0.2, 0.25) is 0 Å². The molecule has 0 radical (unpaired) electrons. The van der Waals surface area contributed by atoms with Crippen LogP contribution in [0.25, 0.3) is 0 Å². The first kappa shape index (κ1) is 14.7. The largest absolute Gasteiger partial charge is 0.497 e. The Balaban J connectivity index is 2.17. The van der Waals surface area contributed by atoms with Crippen molar-refractivity contribution in [2.75, 3.05) is 19.5 Å². The van der Waals surface area contributed by atoms with Crippen molar-refractivity contribution in [1.82, 2.24) is 4.98 Å². The summed E-state index contributed by atoms with van der Waals surface area (Å²) < 4.78 is 11.6. The molecular weight excluding hydrogens is 320 g/mol. The zero-order valence-corrected chi connectivity index (χ0v) is 13.3. The molecule has 1 heterocycles. The van der Waals surface area contributed by atoms with Crippen molar-refractivity contribution < 1.29 is 9.47 Å². The molecule has 2 aromatic rings. The lowest BCUT2D eigenvalue weighted by atomic mass is 10.2. The molecule has 20 heavy (non-hydrogen) atoms. The second-order valence-corrected chi connectivity index (χ2v) is 5.27. The monoisotopic (exact) mass is 336 g/mol. The fourth-order valence-corrected chi connectivity index (χ4v) is 2.37. The van der Waals surface area contributed by atoms with Gasteiger partial charge in [0.25, 0.3) is 0 Å². The SMILES string of the molecule is COc1ccc(OC)c(CNc2ncc(Br)cc2C)c1. The number of rotatable bonds is 5. The van der Waals surface area contributed by atoms with E-state index in [1.54, 1.807) is 20.4 Å². The van der Waals surface area contributed by atoms with Crippen molar-refractivity contribution in [3.63, 3.8) is 0 Å². The molecule has 1 aromatic heterocycles. The lowest BCUT2D eigenvalue weighted by Crippen LogP contribution is -2.05. The van der Waals surface area contributed by atoms with E-state index in [2.05, 4.69) is 26.2 Å². The van der Waals surface area contributed by atoms with E-state index < -0.39 is 0 Å². The van der Waals surface area contributed by atoms with E-state index in [0.29, 0.717) is 6.54 Å². The molecule has 0 spiro atoms. The summed E-state index contributed by atoms with van der Waals surface area (Å²) in [5.41, 5.74) is 2.11. The number of halogens is 1. The third-order valence-electron chi connectivity index (χ3n) is 2.98. The fraction of sp³-hybridized carbons (Fsp3) is 0.267. The molecule has 106 valence electrons. The van der Waals surface area contributed by atoms with Crippen LogP contribution in [0.3, 0.4) is 0 Å². The Kier molecular flexibility index (Phi) is 4.84. The molecule has 0 aliphatic carbocycles. The number of nitrogens with zero attached hydrogens (tertiary/aromatic N) is 1. The summed E-state index contributed by atoms with van der Waals surface area (Å²) in [5.74, 6) is 2.49. The van der Waals surface area contributed by atoms with Gasteiger partial charge in [0.15, 0.2) is 0 Å². The molecule has 0 unspecified atom stereocenters. The van der Waals surface area contributed by atoms with Crippen LogP contribution in [0.15, 0.2) is 34.9 Å². The van der Waals surface area contributed by atoms with E-state index in [1.807, 2.05) is 31.2 Å². The number of nitrogens with one attached hydrogen (secondary N) is 1. The second kappa shape index (κ2) is 6.61. The quantitative estimate of drug-likeness (QED) is 0.902. The minimum absolute atomic E-state index is 0.621. The van der Waals surface area contributed by atoms with Crippen LogP contribution in [0.1, 0.15) is 11.1 Å². The third-order valence-corrected chi connectivity index (χ3v) is 3.41. The molecular formula is C15H17BrN2O2. The summed E-state index contributed by atoms with van der Waals surface area (Å²) in [7, 11) is 3.31. The van der Waals surface area contributed by atoms with Crippen LogP contribution in [0.2, 0.25) is 0 Å². The maximum absolute atomic E-state index is 5.36. The fourth-order valence-electron chi connectivity index (χ4n) is 1.92. The number of hydrogen-bond donors (Lipinski definition) is 1. The van der Waals surface area contributed by atoms with E-state index in [-0.39, 0.29) is 0 Å². The topological polar surface area (TPSA) is 43.4 Å². The van der Waals surface area contributed by atoms with Crippen molar-refractivity contribution in [1.29, 1.82) is 0 Å². The average Bonchev–Trinajstić information content (AvgIpc) is 2.46. The normalized spacial score (nSPS) is 10.2. The highest BCUT2D eigenvalue weighted by Crippen LogP contribution is 2.25. The second-order valence-electron chi connectivity index (χ2n) is 4.35. The smallest absolute Gasteiger partial charge is 0.129 e. The highest BCUT2D eigenvalue weighted by molar-refractivity contribution is 9.10. The minimum atomic E-state index is 0.621. The number of aryl methyl sites for hydroxylation is 1. The minimum Gasteiger partial charge on any atom is -0.497 e. The molecule has 0 aliphatic heterocycles. The Bertz CT molecular complexity index is 602. The van der Waals surface area contributed by atoms with Crippen LogP contribution in [0.4, 0.5) is 5.82 Å². The average molecular weight is 337 g/mol. The maximum atomic E-state index is 5.36. The molecule has 5 heteroatoms. The van der Waals surface area contributed by atoms with Crippen molar-refractivity contribution in [2.45, 2.75) is 13.5 Å². The van der Waals surface area contributed by atoms with E-state index in [4.69, 9.17) is 9.47 Å². The molecule has 0 bridgehead atoms. The van der Waals surface area contributed by atoms with Gasteiger partial charge in [0.1, 0.15) is 17.3 Å². The van der Waals surface area contributed by atoms with Gasteiger partial charge in [0.05, 0.1) is 14.2 Å². The summed E-state index contributed by atoms with van der Waals surface area (Å²) in [6, 6.07) is 7.77. The zero-order valence-electron chi connectivity index (χ0n) is 11.7. The van der Waals surface area contributed by atoms with Crippen LogP contribution in [-0.2, 0) is 6.54 Å². The first-order valence-electron chi connectivity index (χ1n) is 6.21. The summed E-state index contributed by atoms with van der Waals surface area (Å²) >= 11 is 3.41. The summed E-state index contributed by atoms with van der Waals surface area (Å²) in [6.07, 6.45) is 1.78. The van der Waals surface area contributed by atoms with Gasteiger partial charge in [-0.05, 0) is 52.7 Å². The van der Waals surface area contributed by atoms with Crippen molar-refractivity contribution in [3.8, 4) is 11.5 Å². The van der Waals surface area contributed by atoms with Gasteiger partial charge in [-0.1, -0.05) is 0 Å². The molecule has 4 nitrogen and oxygen atoms in total. The van der Waals surface area contributed by atoms with Crippen LogP contribution in [0.5, 0.6) is 11.5 Å². The molecule has 2 rings (SSSR count). The predicted molar refractivity (Wildman–Crippen MR) is 83.5 cm³/mol. The number of methoxy groups -OCH3 is 2. The van der Waals surface area contributed by atoms with E-state index in [0.717, 1.165) is 32.9 Å². The van der Waals surface area contributed by atoms with Crippen molar-refractivity contribution in [3.05, 3.63) is 46.1 Å². The van der Waals surface area contributed by atoms with Crippen molar-refractivity contribution >= 4 is 21.7 Å². The van der Waals surface area contributed by atoms with E-state index in [1.165, 1.54) is 0 Å². The Morgan fingerprint density at radius 2 is 2.00 bits per heavy atom. The number of anilines is 1. The molecule has 0 atom stereocenters.